The van der Waals surface area contributed by atoms with E-state index in [0.29, 0.717) is 18.1 Å². The molecule has 0 spiro atoms. The Morgan fingerprint density at radius 2 is 2.05 bits per heavy atom. The lowest BCUT2D eigenvalue weighted by molar-refractivity contribution is -0.137. The van der Waals surface area contributed by atoms with Crippen molar-refractivity contribution in [1.29, 1.82) is 0 Å². The average Bonchev–Trinajstić information content (AvgIpc) is 2.95. The largest absolute Gasteiger partial charge is 0.677 e. The van der Waals surface area contributed by atoms with Crippen LogP contribution in [-0.4, -0.2) is 23.9 Å². The van der Waals surface area contributed by atoms with Crippen molar-refractivity contribution >= 4 is 22.3 Å². The lowest BCUT2D eigenvalue weighted by Gasteiger charge is -2.10. The van der Waals surface area contributed by atoms with E-state index >= 15 is 0 Å². The zero-order valence-corrected chi connectivity index (χ0v) is 12.2. The van der Waals surface area contributed by atoms with Gasteiger partial charge in [-0.15, -0.1) is 6.54 Å². The number of nitrogens with one attached hydrogen (secondary N) is 2. The first kappa shape index (κ1) is 16.4. The number of rotatable bonds is 6. The molecule has 0 atom stereocenters. The number of hydrogen-bond acceptors (Lipinski definition) is 4. The summed E-state index contributed by atoms with van der Waals surface area (Å²) in [4.78, 5) is 16.4. The third-order valence-electron chi connectivity index (χ3n) is 2.84. The van der Waals surface area contributed by atoms with Crippen molar-refractivity contribution < 1.29 is 18.0 Å². The van der Waals surface area contributed by atoms with Gasteiger partial charge in [0.2, 0.25) is 5.78 Å². The summed E-state index contributed by atoms with van der Waals surface area (Å²) >= 11 is 1.01. The van der Waals surface area contributed by atoms with Gasteiger partial charge >= 0.3 is 6.18 Å². The van der Waals surface area contributed by atoms with Crippen LogP contribution in [0.5, 0.6) is 0 Å². The van der Waals surface area contributed by atoms with Gasteiger partial charge in [-0.25, -0.2) is 4.98 Å². The SMILES string of the molecule is [NH-]CCCNc1ncc(C(=O)c2ccccc2C(F)(F)F)s1. The molecule has 0 aliphatic rings. The fourth-order valence-electron chi connectivity index (χ4n) is 1.81. The summed E-state index contributed by atoms with van der Waals surface area (Å²) in [5.74, 6) is -0.695. The Balaban J connectivity index is 2.22. The van der Waals surface area contributed by atoms with Crippen molar-refractivity contribution in [3.05, 3.63) is 52.2 Å². The van der Waals surface area contributed by atoms with Gasteiger partial charge in [-0.1, -0.05) is 36.0 Å². The topological polar surface area (TPSA) is 65.8 Å². The molecule has 0 amide bonds. The maximum atomic E-state index is 12.9. The Labute approximate surface area is 129 Å². The van der Waals surface area contributed by atoms with Crippen molar-refractivity contribution in [2.75, 3.05) is 18.4 Å². The molecule has 0 saturated heterocycles. The molecule has 1 aromatic heterocycles. The maximum Gasteiger partial charge on any atom is 0.417 e. The smallest absolute Gasteiger partial charge is 0.417 e. The van der Waals surface area contributed by atoms with Gasteiger partial charge in [-0.3, -0.25) is 4.79 Å². The van der Waals surface area contributed by atoms with Crippen molar-refractivity contribution in [3.63, 3.8) is 0 Å². The quantitative estimate of drug-likeness (QED) is 0.637. The number of benzene rings is 1. The van der Waals surface area contributed by atoms with Gasteiger partial charge in [0.25, 0.3) is 0 Å². The number of alkyl halides is 3. The molecular formula is C14H13F3N3OS-. The lowest BCUT2D eigenvalue weighted by atomic mass is 10.0. The Bertz CT molecular complexity index is 655. The number of thiazole rings is 1. The number of hydrogen-bond donors (Lipinski definition) is 1. The van der Waals surface area contributed by atoms with Crippen molar-refractivity contribution in [1.82, 2.24) is 4.98 Å². The molecule has 0 saturated carbocycles. The van der Waals surface area contributed by atoms with Crippen molar-refractivity contribution in [3.8, 4) is 0 Å². The van der Waals surface area contributed by atoms with Gasteiger partial charge in [0, 0.05) is 12.1 Å². The number of ketones is 1. The molecular weight excluding hydrogens is 315 g/mol. The van der Waals surface area contributed by atoms with Crippen LogP contribution in [0.3, 0.4) is 0 Å². The van der Waals surface area contributed by atoms with Crippen LogP contribution < -0.4 is 5.32 Å². The van der Waals surface area contributed by atoms with E-state index in [1.54, 1.807) is 0 Å². The van der Waals surface area contributed by atoms with Crippen molar-refractivity contribution in [2.24, 2.45) is 0 Å². The Hall–Kier alpha value is -1.93. The molecule has 22 heavy (non-hydrogen) atoms. The van der Waals surface area contributed by atoms with Gasteiger partial charge in [0.15, 0.2) is 5.13 Å². The fraction of sp³-hybridized carbons (Fsp3) is 0.286. The molecule has 0 fully saturated rings. The average molecular weight is 328 g/mol. The highest BCUT2D eigenvalue weighted by molar-refractivity contribution is 7.17. The van der Waals surface area contributed by atoms with Crippen LogP contribution in [0.1, 0.15) is 27.2 Å². The summed E-state index contributed by atoms with van der Waals surface area (Å²) in [6, 6.07) is 4.71. The van der Waals surface area contributed by atoms with E-state index in [-0.39, 0.29) is 17.0 Å². The first-order chi connectivity index (χ1) is 10.4. The molecule has 1 aromatic carbocycles. The summed E-state index contributed by atoms with van der Waals surface area (Å²) < 4.78 is 38.8. The minimum atomic E-state index is -4.58. The van der Waals surface area contributed by atoms with Gasteiger partial charge in [-0.2, -0.15) is 13.2 Å². The highest BCUT2D eigenvalue weighted by atomic mass is 32.1. The standard InChI is InChI=1S/C14H13F3N3OS/c15-14(16,17)10-5-2-1-4-9(10)12(21)11-8-20-13(22-11)19-7-3-6-18/h1-2,4-5,8,18H,3,6-7H2,(H,19,20)/q-1. The second kappa shape index (κ2) is 6.89. The molecule has 2 N–H and O–H groups in total. The Kier molecular flexibility index (Phi) is 5.15. The van der Waals surface area contributed by atoms with E-state index in [1.165, 1.54) is 18.3 Å². The van der Waals surface area contributed by atoms with Crippen molar-refractivity contribution in [2.45, 2.75) is 12.6 Å². The zero-order valence-electron chi connectivity index (χ0n) is 11.4. The summed E-state index contributed by atoms with van der Waals surface area (Å²) in [5, 5.41) is 3.39. The predicted octanol–water partition coefficient (Wildman–Crippen LogP) is 4.25. The highest BCUT2D eigenvalue weighted by Crippen LogP contribution is 2.33. The van der Waals surface area contributed by atoms with E-state index in [1.807, 2.05) is 0 Å². The van der Waals surface area contributed by atoms with E-state index in [0.717, 1.165) is 23.5 Å². The molecule has 8 heteroatoms. The third-order valence-corrected chi connectivity index (χ3v) is 3.79. The molecule has 4 nitrogen and oxygen atoms in total. The summed E-state index contributed by atoms with van der Waals surface area (Å²) in [7, 11) is 0. The summed E-state index contributed by atoms with van der Waals surface area (Å²) in [6.45, 7) is 0.799. The lowest BCUT2D eigenvalue weighted by Crippen LogP contribution is -2.12. The van der Waals surface area contributed by atoms with Crippen LogP contribution in [0.15, 0.2) is 30.5 Å². The summed E-state index contributed by atoms with van der Waals surface area (Å²) in [6.07, 6.45) is -2.69. The van der Waals surface area contributed by atoms with Crippen LogP contribution >= 0.6 is 11.3 Å². The maximum absolute atomic E-state index is 12.9. The van der Waals surface area contributed by atoms with Gasteiger partial charge < -0.3 is 11.1 Å². The molecule has 0 radical (unpaired) electrons. The van der Waals surface area contributed by atoms with Gasteiger partial charge in [0.05, 0.1) is 16.6 Å². The molecule has 1 heterocycles. The van der Waals surface area contributed by atoms with E-state index in [4.69, 9.17) is 5.73 Å². The second-order valence-corrected chi connectivity index (χ2v) is 5.46. The van der Waals surface area contributed by atoms with Gasteiger partial charge in [0.1, 0.15) is 0 Å². The Morgan fingerprint density at radius 3 is 2.73 bits per heavy atom. The van der Waals surface area contributed by atoms with Crippen LogP contribution in [0.2, 0.25) is 0 Å². The zero-order chi connectivity index (χ0) is 16.2. The summed E-state index contributed by atoms with van der Waals surface area (Å²) in [5.41, 5.74) is 5.69. The minimum absolute atomic E-state index is 0.144. The molecule has 0 aliphatic carbocycles. The number of halogens is 3. The number of anilines is 1. The molecule has 0 aliphatic heterocycles. The molecule has 118 valence electrons. The van der Waals surface area contributed by atoms with Crippen LogP contribution in [0.4, 0.5) is 18.3 Å². The molecule has 0 bridgehead atoms. The van der Waals surface area contributed by atoms with E-state index < -0.39 is 17.5 Å². The number of aromatic nitrogens is 1. The monoisotopic (exact) mass is 328 g/mol. The first-order valence-corrected chi connectivity index (χ1v) is 7.30. The highest BCUT2D eigenvalue weighted by Gasteiger charge is 2.35. The molecule has 2 aromatic rings. The predicted molar refractivity (Wildman–Crippen MR) is 79.3 cm³/mol. The van der Waals surface area contributed by atoms with Crippen LogP contribution in [-0.2, 0) is 6.18 Å². The second-order valence-electron chi connectivity index (χ2n) is 4.43. The van der Waals surface area contributed by atoms with E-state index in [9.17, 15) is 18.0 Å². The van der Waals surface area contributed by atoms with Gasteiger partial charge in [-0.05, 0) is 6.07 Å². The molecule has 2 rings (SSSR count). The number of nitrogens with zero attached hydrogens (tertiary/aromatic N) is 1. The number of carbonyl (C=O) groups is 1. The van der Waals surface area contributed by atoms with E-state index in [2.05, 4.69) is 10.3 Å². The fourth-order valence-corrected chi connectivity index (χ4v) is 2.60. The van der Waals surface area contributed by atoms with Crippen LogP contribution in [0, 0.1) is 0 Å². The minimum Gasteiger partial charge on any atom is -0.677 e. The van der Waals surface area contributed by atoms with Crippen LogP contribution in [0.25, 0.3) is 5.73 Å². The first-order valence-electron chi connectivity index (χ1n) is 6.48. The normalized spacial score (nSPS) is 11.5. The number of carbonyl (C=O) groups excluding carboxylic acids is 1. The third kappa shape index (κ3) is 3.83. The Morgan fingerprint density at radius 1 is 1.32 bits per heavy atom. The molecule has 0 unspecified atom stereocenters.